The smallest absolute Gasteiger partial charge is 0.748 e. The van der Waals surface area contributed by atoms with Crippen molar-refractivity contribution >= 4 is 10.1 Å². The van der Waals surface area contributed by atoms with Gasteiger partial charge in [-0.15, -0.1) is 0 Å². The minimum atomic E-state index is -4.15. The first-order chi connectivity index (χ1) is 13.5. The molecule has 1 unspecified atom stereocenters. The third kappa shape index (κ3) is 24.0. The Kier molecular flexibility index (Phi) is 27.2. The number of unbranched alkanes of at least 4 members (excludes halogenated alkanes) is 16. The maximum absolute atomic E-state index is 11.5. The zero-order chi connectivity index (χ0) is 20.9. The second kappa shape index (κ2) is 24.2. The maximum Gasteiger partial charge on any atom is 1.00 e. The van der Waals surface area contributed by atoms with Gasteiger partial charge in [0, 0.05) is 11.9 Å². The standard InChI is InChI=1S/C23H48O4S.K/c1-2-3-4-5-6-11-14-17-20-23(28(25,26)27)21-18-15-12-9-7-8-10-13-16-19-22-24;/h23-24H,2-22H2,1H3,(H,25,26,27);/q;+1/p-1. The molecule has 4 nitrogen and oxygen atoms in total. The molecule has 0 aromatic rings. The van der Waals surface area contributed by atoms with Crippen LogP contribution in [0.3, 0.4) is 0 Å². The molecule has 0 aliphatic heterocycles. The van der Waals surface area contributed by atoms with Gasteiger partial charge in [0.25, 0.3) is 0 Å². The Hall–Kier alpha value is 1.51. The summed E-state index contributed by atoms with van der Waals surface area (Å²) in [6.07, 6.45) is 21.8. The van der Waals surface area contributed by atoms with Gasteiger partial charge in [-0.05, 0) is 19.3 Å². The van der Waals surface area contributed by atoms with Crippen LogP contribution in [0, 0.1) is 0 Å². The van der Waals surface area contributed by atoms with Crippen LogP contribution < -0.4 is 51.4 Å². The molecule has 1 atom stereocenters. The molecule has 29 heavy (non-hydrogen) atoms. The zero-order valence-corrected chi connectivity index (χ0v) is 23.4. The van der Waals surface area contributed by atoms with Crippen LogP contribution in [-0.4, -0.2) is 29.9 Å². The van der Waals surface area contributed by atoms with Crippen molar-refractivity contribution in [2.24, 2.45) is 0 Å². The molecule has 6 heteroatoms. The molecule has 0 aliphatic carbocycles. The van der Waals surface area contributed by atoms with Crippen LogP contribution in [0.2, 0.25) is 0 Å². The van der Waals surface area contributed by atoms with Crippen LogP contribution in [-0.2, 0) is 10.1 Å². The van der Waals surface area contributed by atoms with E-state index in [0.717, 1.165) is 51.4 Å². The first kappa shape index (κ1) is 32.7. The van der Waals surface area contributed by atoms with Crippen molar-refractivity contribution in [3.05, 3.63) is 0 Å². The third-order valence-electron chi connectivity index (χ3n) is 5.72. The molecule has 0 saturated heterocycles. The van der Waals surface area contributed by atoms with Crippen LogP contribution in [0.1, 0.15) is 135 Å². The number of rotatable bonds is 22. The largest absolute Gasteiger partial charge is 1.00 e. The fourth-order valence-corrected chi connectivity index (χ4v) is 4.75. The van der Waals surface area contributed by atoms with Gasteiger partial charge in [-0.3, -0.25) is 0 Å². The Balaban J connectivity index is 0. The van der Waals surface area contributed by atoms with Gasteiger partial charge in [0.05, 0.1) is 10.1 Å². The third-order valence-corrected chi connectivity index (χ3v) is 7.01. The SMILES string of the molecule is CCCCCCCCCCC(CCCCCCCCCCCCO)S(=O)(=O)[O-].[K+]. The Morgan fingerprint density at radius 3 is 1.24 bits per heavy atom. The number of aliphatic hydroxyl groups is 1. The second-order valence-electron chi connectivity index (χ2n) is 8.43. The Morgan fingerprint density at radius 1 is 0.621 bits per heavy atom. The normalized spacial score (nSPS) is 12.7. The quantitative estimate of drug-likeness (QED) is 0.152. The summed E-state index contributed by atoms with van der Waals surface area (Å²) in [4.78, 5) is 0. The van der Waals surface area contributed by atoms with Gasteiger partial charge < -0.3 is 9.66 Å². The summed E-state index contributed by atoms with van der Waals surface area (Å²) in [5.74, 6) is 0. The van der Waals surface area contributed by atoms with Crippen molar-refractivity contribution < 1.29 is 69.5 Å². The van der Waals surface area contributed by atoms with Gasteiger partial charge in [0.1, 0.15) is 0 Å². The molecule has 0 aliphatic rings. The van der Waals surface area contributed by atoms with Crippen molar-refractivity contribution in [2.45, 2.75) is 141 Å². The van der Waals surface area contributed by atoms with Crippen LogP contribution in [0.4, 0.5) is 0 Å². The van der Waals surface area contributed by atoms with Gasteiger partial charge in [0.2, 0.25) is 0 Å². The monoisotopic (exact) mass is 458 g/mol. The molecule has 0 saturated carbocycles. The summed E-state index contributed by atoms with van der Waals surface area (Å²) in [5.41, 5.74) is 0. The molecule has 0 bridgehead atoms. The van der Waals surface area contributed by atoms with Gasteiger partial charge in [0.15, 0.2) is 0 Å². The maximum atomic E-state index is 11.5. The fourth-order valence-electron chi connectivity index (χ4n) is 3.84. The van der Waals surface area contributed by atoms with Crippen LogP contribution >= 0.6 is 0 Å². The molecule has 0 aromatic carbocycles. The van der Waals surface area contributed by atoms with Crippen molar-refractivity contribution in [3.63, 3.8) is 0 Å². The molecule has 0 aromatic heterocycles. The fraction of sp³-hybridized carbons (Fsp3) is 1.00. The average Bonchev–Trinajstić information content (AvgIpc) is 2.65. The van der Waals surface area contributed by atoms with E-state index in [0.29, 0.717) is 19.4 Å². The van der Waals surface area contributed by atoms with Crippen LogP contribution in [0.15, 0.2) is 0 Å². The van der Waals surface area contributed by atoms with Gasteiger partial charge in [-0.25, -0.2) is 8.42 Å². The zero-order valence-electron chi connectivity index (χ0n) is 19.5. The molecule has 0 fully saturated rings. The Labute approximate surface area is 224 Å². The van der Waals surface area contributed by atoms with Crippen molar-refractivity contribution in [3.8, 4) is 0 Å². The molecule has 1 N–H and O–H groups in total. The van der Waals surface area contributed by atoms with Crippen LogP contribution in [0.25, 0.3) is 0 Å². The van der Waals surface area contributed by atoms with E-state index in [1.807, 2.05) is 0 Å². The van der Waals surface area contributed by atoms with E-state index >= 15 is 0 Å². The predicted molar refractivity (Wildman–Crippen MR) is 119 cm³/mol. The summed E-state index contributed by atoms with van der Waals surface area (Å²) < 4.78 is 34.5. The summed E-state index contributed by atoms with van der Waals surface area (Å²) in [5, 5.41) is 8.06. The van der Waals surface area contributed by atoms with Crippen molar-refractivity contribution in [1.82, 2.24) is 0 Å². The molecular formula is C23H47KO4S. The van der Waals surface area contributed by atoms with Gasteiger partial charge in [-0.1, -0.05) is 116 Å². The Bertz CT molecular complexity index is 415. The van der Waals surface area contributed by atoms with E-state index in [2.05, 4.69) is 6.92 Å². The van der Waals surface area contributed by atoms with Gasteiger partial charge in [-0.2, -0.15) is 0 Å². The van der Waals surface area contributed by atoms with Gasteiger partial charge >= 0.3 is 51.4 Å². The Morgan fingerprint density at radius 2 is 0.931 bits per heavy atom. The molecular weight excluding hydrogens is 411 g/mol. The van der Waals surface area contributed by atoms with E-state index in [4.69, 9.17) is 5.11 Å². The summed E-state index contributed by atoms with van der Waals surface area (Å²) in [6, 6.07) is 0. The number of hydrogen-bond acceptors (Lipinski definition) is 4. The van der Waals surface area contributed by atoms with Crippen molar-refractivity contribution in [1.29, 1.82) is 0 Å². The van der Waals surface area contributed by atoms with E-state index in [-0.39, 0.29) is 51.4 Å². The van der Waals surface area contributed by atoms with E-state index < -0.39 is 15.4 Å². The summed E-state index contributed by atoms with van der Waals surface area (Å²) >= 11 is 0. The number of aliphatic hydroxyl groups excluding tert-OH is 1. The van der Waals surface area contributed by atoms with Crippen molar-refractivity contribution in [2.75, 3.05) is 6.61 Å². The minimum absolute atomic E-state index is 0. The molecule has 0 amide bonds. The summed E-state index contributed by atoms with van der Waals surface area (Å²) in [7, 11) is -4.15. The molecule has 0 radical (unpaired) electrons. The van der Waals surface area contributed by atoms with E-state index in [9.17, 15) is 13.0 Å². The van der Waals surface area contributed by atoms with E-state index in [1.165, 1.54) is 64.2 Å². The predicted octanol–water partition coefficient (Wildman–Crippen LogP) is 3.72. The molecule has 0 rings (SSSR count). The van der Waals surface area contributed by atoms with Crippen LogP contribution in [0.5, 0.6) is 0 Å². The topological polar surface area (TPSA) is 77.4 Å². The minimum Gasteiger partial charge on any atom is -0.748 e. The molecule has 0 spiro atoms. The first-order valence-electron chi connectivity index (χ1n) is 12.1. The average molecular weight is 459 g/mol. The summed E-state index contributed by atoms with van der Waals surface area (Å²) in [6.45, 7) is 2.52. The molecule has 170 valence electrons. The molecule has 0 heterocycles. The first-order valence-corrected chi connectivity index (χ1v) is 13.5. The van der Waals surface area contributed by atoms with E-state index in [1.54, 1.807) is 0 Å². The second-order valence-corrected chi connectivity index (χ2v) is 10.1. The number of hydrogen-bond donors (Lipinski definition) is 1.